The van der Waals surface area contributed by atoms with Crippen LogP contribution < -0.4 is 11.1 Å². The van der Waals surface area contributed by atoms with Gasteiger partial charge in [0.15, 0.2) is 5.82 Å². The second-order valence-electron chi connectivity index (χ2n) is 3.52. The van der Waals surface area contributed by atoms with Crippen LogP contribution in [0.2, 0.25) is 0 Å². The van der Waals surface area contributed by atoms with Crippen molar-refractivity contribution in [3.63, 3.8) is 0 Å². The molecule has 0 aliphatic rings. The van der Waals surface area contributed by atoms with Crippen LogP contribution >= 0.6 is 0 Å². The first-order valence-corrected chi connectivity index (χ1v) is 4.89. The zero-order chi connectivity index (χ0) is 11.3. The van der Waals surface area contributed by atoms with Crippen molar-refractivity contribution in [1.82, 2.24) is 15.5 Å². The quantitative estimate of drug-likeness (QED) is 0.723. The van der Waals surface area contributed by atoms with E-state index in [2.05, 4.69) is 15.5 Å². The molecule has 0 radical (unpaired) electrons. The molecule has 84 valence electrons. The van der Waals surface area contributed by atoms with Gasteiger partial charge in [-0.25, -0.2) is 0 Å². The number of carbonyl (C=O) groups excluding carboxylic acids is 1. The van der Waals surface area contributed by atoms with E-state index in [1.807, 2.05) is 6.92 Å². The predicted molar refractivity (Wildman–Crippen MR) is 53.8 cm³/mol. The summed E-state index contributed by atoms with van der Waals surface area (Å²) in [5.74, 6) is 0.936. The van der Waals surface area contributed by atoms with E-state index >= 15 is 0 Å². The molecule has 15 heavy (non-hydrogen) atoms. The van der Waals surface area contributed by atoms with Crippen molar-refractivity contribution in [3.05, 3.63) is 11.7 Å². The first-order valence-electron chi connectivity index (χ1n) is 4.89. The van der Waals surface area contributed by atoms with Crippen molar-refractivity contribution in [2.24, 2.45) is 5.73 Å². The lowest BCUT2D eigenvalue weighted by molar-refractivity contribution is -0.121. The number of rotatable bonds is 5. The molecular formula is C9H16N4O2. The first kappa shape index (κ1) is 11.6. The molecular weight excluding hydrogens is 196 g/mol. The highest BCUT2D eigenvalue weighted by molar-refractivity contribution is 5.75. The van der Waals surface area contributed by atoms with E-state index < -0.39 is 0 Å². The van der Waals surface area contributed by atoms with E-state index in [1.54, 1.807) is 6.92 Å². The fraction of sp³-hybridized carbons (Fsp3) is 0.667. The number of nitrogens with two attached hydrogens (primary N) is 1. The highest BCUT2D eigenvalue weighted by Crippen LogP contribution is 1.96. The molecule has 1 atom stereocenters. The van der Waals surface area contributed by atoms with E-state index in [0.29, 0.717) is 31.1 Å². The average Bonchev–Trinajstić information content (AvgIpc) is 2.58. The van der Waals surface area contributed by atoms with Gasteiger partial charge in [0.1, 0.15) is 0 Å². The van der Waals surface area contributed by atoms with Crippen molar-refractivity contribution < 1.29 is 9.32 Å². The van der Waals surface area contributed by atoms with Crippen LogP contribution in [0.1, 0.15) is 31.5 Å². The second kappa shape index (κ2) is 5.45. The van der Waals surface area contributed by atoms with Gasteiger partial charge >= 0.3 is 0 Å². The Labute approximate surface area is 88.2 Å². The van der Waals surface area contributed by atoms with Crippen molar-refractivity contribution in [3.8, 4) is 0 Å². The van der Waals surface area contributed by atoms with E-state index in [-0.39, 0.29) is 11.9 Å². The average molecular weight is 212 g/mol. The van der Waals surface area contributed by atoms with Gasteiger partial charge in [0.2, 0.25) is 11.8 Å². The first-order chi connectivity index (χ1) is 7.08. The van der Waals surface area contributed by atoms with Crippen molar-refractivity contribution in [2.75, 3.05) is 0 Å². The summed E-state index contributed by atoms with van der Waals surface area (Å²) in [7, 11) is 0. The largest absolute Gasteiger partial charge is 0.349 e. The molecule has 6 heteroatoms. The molecule has 0 aliphatic heterocycles. The molecule has 1 amide bonds. The van der Waals surface area contributed by atoms with Gasteiger partial charge in [0, 0.05) is 19.4 Å². The van der Waals surface area contributed by atoms with Crippen LogP contribution in [0.25, 0.3) is 0 Å². The van der Waals surface area contributed by atoms with Gasteiger partial charge in [-0.3, -0.25) is 4.79 Å². The topological polar surface area (TPSA) is 94.0 Å². The summed E-state index contributed by atoms with van der Waals surface area (Å²) in [6, 6.07) is 0.0446. The van der Waals surface area contributed by atoms with Crippen molar-refractivity contribution >= 4 is 5.91 Å². The maximum atomic E-state index is 11.3. The van der Waals surface area contributed by atoms with Gasteiger partial charge in [-0.2, -0.15) is 4.98 Å². The van der Waals surface area contributed by atoms with Crippen LogP contribution in [0.15, 0.2) is 4.52 Å². The summed E-state index contributed by atoms with van der Waals surface area (Å²) in [6.07, 6.45) is 1.10. The minimum Gasteiger partial charge on any atom is -0.349 e. The molecule has 0 bridgehead atoms. The van der Waals surface area contributed by atoms with E-state index in [0.717, 1.165) is 0 Å². The molecule has 1 aromatic rings. The summed E-state index contributed by atoms with van der Waals surface area (Å²) in [5.41, 5.74) is 5.53. The second-order valence-corrected chi connectivity index (χ2v) is 3.52. The van der Waals surface area contributed by atoms with Crippen LogP contribution in [0.4, 0.5) is 0 Å². The van der Waals surface area contributed by atoms with E-state index in [9.17, 15) is 4.79 Å². The minimum atomic E-state index is -0.0465. The fourth-order valence-corrected chi connectivity index (χ4v) is 1.04. The fourth-order valence-electron chi connectivity index (χ4n) is 1.04. The number of nitrogens with zero attached hydrogens (tertiary/aromatic N) is 2. The number of aromatic nitrogens is 2. The molecule has 1 rings (SSSR count). The molecule has 1 aromatic heterocycles. The maximum Gasteiger partial charge on any atom is 0.223 e. The van der Waals surface area contributed by atoms with Crippen LogP contribution in [0, 0.1) is 6.92 Å². The van der Waals surface area contributed by atoms with Gasteiger partial charge in [0.25, 0.3) is 0 Å². The van der Waals surface area contributed by atoms with Crippen molar-refractivity contribution in [1.29, 1.82) is 0 Å². The molecule has 0 saturated heterocycles. The molecule has 0 fully saturated rings. The zero-order valence-electron chi connectivity index (χ0n) is 8.99. The minimum absolute atomic E-state index is 0.0446. The van der Waals surface area contributed by atoms with Crippen molar-refractivity contribution in [2.45, 2.75) is 39.3 Å². The molecule has 0 spiro atoms. The Morgan fingerprint density at radius 3 is 2.93 bits per heavy atom. The van der Waals surface area contributed by atoms with Gasteiger partial charge in [-0.15, -0.1) is 0 Å². The molecule has 1 unspecified atom stereocenters. The highest BCUT2D eigenvalue weighted by atomic mass is 16.5. The molecule has 0 saturated carbocycles. The molecule has 0 aliphatic carbocycles. The number of amides is 1. The lowest BCUT2D eigenvalue weighted by Gasteiger charge is -2.04. The van der Waals surface area contributed by atoms with E-state index in [4.69, 9.17) is 10.3 Å². The predicted octanol–water partition coefficient (Wildman–Crippen LogP) is 0.122. The van der Waals surface area contributed by atoms with Gasteiger partial charge < -0.3 is 15.6 Å². The van der Waals surface area contributed by atoms with Crippen LogP contribution in [-0.2, 0) is 11.3 Å². The third kappa shape index (κ3) is 4.55. The molecule has 1 heterocycles. The lowest BCUT2D eigenvalue weighted by atomic mass is 10.2. The molecule has 3 N–H and O–H groups in total. The smallest absolute Gasteiger partial charge is 0.223 e. The standard InChI is InChI=1S/C9H16N4O2/c1-6(10)3-4-9(14)11-5-8-12-7(2)15-13-8/h6H,3-5,10H2,1-2H3,(H,11,14). The summed E-state index contributed by atoms with van der Waals surface area (Å²) in [5, 5.41) is 6.35. The van der Waals surface area contributed by atoms with E-state index in [1.165, 1.54) is 0 Å². The Morgan fingerprint density at radius 2 is 2.40 bits per heavy atom. The van der Waals surface area contributed by atoms with Crippen LogP contribution in [-0.4, -0.2) is 22.1 Å². The van der Waals surface area contributed by atoms with Crippen LogP contribution in [0.3, 0.4) is 0 Å². The Morgan fingerprint density at radius 1 is 1.67 bits per heavy atom. The number of hydrogen-bond acceptors (Lipinski definition) is 5. The summed E-state index contributed by atoms with van der Waals surface area (Å²) in [6.45, 7) is 3.87. The Balaban J connectivity index is 2.22. The Bertz CT molecular complexity index is 322. The maximum absolute atomic E-state index is 11.3. The highest BCUT2D eigenvalue weighted by Gasteiger charge is 2.06. The summed E-state index contributed by atoms with van der Waals surface area (Å²) < 4.78 is 4.76. The zero-order valence-corrected chi connectivity index (χ0v) is 8.99. The summed E-state index contributed by atoms with van der Waals surface area (Å²) >= 11 is 0. The Hall–Kier alpha value is -1.43. The number of aryl methyl sites for hydroxylation is 1. The number of hydrogen-bond donors (Lipinski definition) is 2. The number of nitrogens with one attached hydrogen (secondary N) is 1. The summed E-state index contributed by atoms with van der Waals surface area (Å²) in [4.78, 5) is 15.2. The molecule has 6 nitrogen and oxygen atoms in total. The number of carbonyl (C=O) groups is 1. The Kier molecular flexibility index (Phi) is 4.23. The lowest BCUT2D eigenvalue weighted by Crippen LogP contribution is -2.25. The normalized spacial score (nSPS) is 12.5. The third-order valence-electron chi connectivity index (χ3n) is 1.84. The van der Waals surface area contributed by atoms with Gasteiger partial charge in [0.05, 0.1) is 6.54 Å². The monoisotopic (exact) mass is 212 g/mol. The van der Waals surface area contributed by atoms with Crippen LogP contribution in [0.5, 0.6) is 0 Å². The van der Waals surface area contributed by atoms with Gasteiger partial charge in [-0.05, 0) is 13.3 Å². The van der Waals surface area contributed by atoms with Gasteiger partial charge in [-0.1, -0.05) is 5.16 Å². The molecule has 0 aromatic carbocycles. The SMILES string of the molecule is Cc1nc(CNC(=O)CCC(C)N)no1. The third-order valence-corrected chi connectivity index (χ3v) is 1.84.